The number of hydrogen-bond donors (Lipinski definition) is 2. The number of nitrogens with zero attached hydrogens (tertiary/aromatic N) is 6. The van der Waals surface area contributed by atoms with Crippen LogP contribution in [0.5, 0.6) is 11.8 Å². The average molecular weight is 625 g/mol. The smallest absolute Gasteiger partial charge is 0.322 e. The lowest BCUT2D eigenvalue weighted by atomic mass is 9.96. The van der Waals surface area contributed by atoms with Gasteiger partial charge in [-0.3, -0.25) is 18.7 Å². The van der Waals surface area contributed by atoms with Crippen LogP contribution in [0.25, 0.3) is 39.2 Å². The van der Waals surface area contributed by atoms with E-state index in [0.29, 0.717) is 17.0 Å². The van der Waals surface area contributed by atoms with Crippen molar-refractivity contribution in [1.29, 1.82) is 0 Å². The van der Waals surface area contributed by atoms with E-state index in [-0.39, 0.29) is 50.9 Å². The first-order valence-corrected chi connectivity index (χ1v) is 13.6. The van der Waals surface area contributed by atoms with E-state index < -0.39 is 29.3 Å². The highest BCUT2D eigenvalue weighted by Crippen LogP contribution is 2.42. The number of amides is 2. The zero-order valence-corrected chi connectivity index (χ0v) is 24.3. The van der Waals surface area contributed by atoms with Crippen LogP contribution in [0.4, 0.5) is 18.9 Å². The van der Waals surface area contributed by atoms with Crippen molar-refractivity contribution < 1.29 is 27.5 Å². The van der Waals surface area contributed by atoms with E-state index >= 15 is 8.78 Å². The van der Waals surface area contributed by atoms with Crippen molar-refractivity contribution in [2.75, 3.05) is 5.32 Å². The van der Waals surface area contributed by atoms with Crippen molar-refractivity contribution in [3.63, 3.8) is 0 Å². The van der Waals surface area contributed by atoms with Gasteiger partial charge in [-0.2, -0.15) is 5.10 Å². The fourth-order valence-corrected chi connectivity index (χ4v) is 4.96. The van der Waals surface area contributed by atoms with Crippen LogP contribution < -0.4 is 15.8 Å². The SMILES string of the molecule is C=C(F)C(=O)Nc1ccc(-c2c(-c3ccc(Oc4nccc(C)n4)c(F)c3)c(C(N)=O)c3cc(-c4cnn(C)c4)ncn23)c(F)c1. The summed E-state index contributed by atoms with van der Waals surface area (Å²) in [5.74, 6) is -5.14. The van der Waals surface area contributed by atoms with Gasteiger partial charge in [0.15, 0.2) is 17.4 Å². The second-order valence-corrected chi connectivity index (χ2v) is 10.2. The zero-order valence-electron chi connectivity index (χ0n) is 24.3. The Kier molecular flexibility index (Phi) is 7.53. The number of nitrogens with one attached hydrogen (secondary N) is 1. The Morgan fingerprint density at radius 3 is 2.48 bits per heavy atom. The summed E-state index contributed by atoms with van der Waals surface area (Å²) in [6, 6.07) is 10.7. The summed E-state index contributed by atoms with van der Waals surface area (Å²) in [6.45, 7) is 4.66. The van der Waals surface area contributed by atoms with E-state index in [1.165, 1.54) is 41.2 Å². The van der Waals surface area contributed by atoms with E-state index in [1.807, 2.05) is 0 Å². The third-order valence-electron chi connectivity index (χ3n) is 7.00. The number of aryl methyl sites for hydroxylation is 2. The van der Waals surface area contributed by atoms with Crippen LogP contribution in [0.2, 0.25) is 0 Å². The first-order chi connectivity index (χ1) is 22.0. The van der Waals surface area contributed by atoms with Crippen LogP contribution in [-0.2, 0) is 11.8 Å². The van der Waals surface area contributed by atoms with Gasteiger partial charge in [0.05, 0.1) is 28.7 Å². The molecule has 0 saturated carbocycles. The summed E-state index contributed by atoms with van der Waals surface area (Å²) in [7, 11) is 1.73. The maximum absolute atomic E-state index is 15.9. The minimum absolute atomic E-state index is 0.0388. The Morgan fingerprint density at radius 2 is 1.83 bits per heavy atom. The fraction of sp³-hybridized carbons (Fsp3) is 0.0625. The third-order valence-corrected chi connectivity index (χ3v) is 7.00. The molecule has 0 saturated heterocycles. The molecule has 6 aromatic rings. The molecule has 6 rings (SSSR count). The van der Waals surface area contributed by atoms with Crippen LogP contribution in [0.3, 0.4) is 0 Å². The fourth-order valence-electron chi connectivity index (χ4n) is 4.96. The molecule has 0 unspecified atom stereocenters. The van der Waals surface area contributed by atoms with Gasteiger partial charge in [-0.05, 0) is 55.0 Å². The van der Waals surface area contributed by atoms with Crippen LogP contribution >= 0.6 is 0 Å². The number of carbonyl (C=O) groups excluding carboxylic acids is 2. The molecular weight excluding hydrogens is 601 g/mol. The van der Waals surface area contributed by atoms with Gasteiger partial charge in [-0.25, -0.2) is 28.1 Å². The molecule has 2 aromatic carbocycles. The first-order valence-electron chi connectivity index (χ1n) is 13.6. The quantitative estimate of drug-likeness (QED) is 0.205. The third kappa shape index (κ3) is 5.54. The van der Waals surface area contributed by atoms with Crippen LogP contribution in [0, 0.1) is 18.6 Å². The van der Waals surface area contributed by atoms with E-state index in [0.717, 1.165) is 12.1 Å². The molecule has 230 valence electrons. The highest BCUT2D eigenvalue weighted by atomic mass is 19.1. The maximum Gasteiger partial charge on any atom is 0.322 e. The summed E-state index contributed by atoms with van der Waals surface area (Å²) in [5.41, 5.74) is 8.09. The van der Waals surface area contributed by atoms with E-state index in [9.17, 15) is 14.0 Å². The molecule has 11 nitrogen and oxygen atoms in total. The van der Waals surface area contributed by atoms with Crippen molar-refractivity contribution in [2.45, 2.75) is 6.92 Å². The molecule has 0 aliphatic carbocycles. The van der Waals surface area contributed by atoms with Gasteiger partial charge in [0.1, 0.15) is 12.1 Å². The van der Waals surface area contributed by atoms with Crippen LogP contribution in [0.15, 0.2) is 85.9 Å². The first kappa shape index (κ1) is 29.7. The largest absolute Gasteiger partial charge is 0.421 e. The summed E-state index contributed by atoms with van der Waals surface area (Å²) in [5, 5.41) is 6.36. The molecule has 0 radical (unpaired) electrons. The molecule has 0 aliphatic heterocycles. The average Bonchev–Trinajstić information content (AvgIpc) is 3.59. The molecular formula is C32H23F3N8O3. The monoisotopic (exact) mass is 624 g/mol. The molecule has 0 aliphatic rings. The second kappa shape index (κ2) is 11.6. The minimum atomic E-state index is -1.26. The normalized spacial score (nSPS) is 11.1. The maximum atomic E-state index is 15.9. The highest BCUT2D eigenvalue weighted by molar-refractivity contribution is 6.11. The Hall–Kier alpha value is -6.31. The number of carbonyl (C=O) groups is 2. The minimum Gasteiger partial charge on any atom is -0.421 e. The standard InChI is InChI=1S/C32H23F3N8O3/c1-16-8-9-37-32(40-16)46-26-7-4-18(10-23(26)35)27-28(30(36)44)25-12-24(19-13-39-42(3)14-19)38-15-43(25)29(27)21-6-5-20(11-22(21)34)41-31(45)17(2)33/h4-15H,2H2,1,3H3,(H2,36,44)(H,41,45). The molecule has 0 bridgehead atoms. The molecule has 3 N–H and O–H groups in total. The molecule has 46 heavy (non-hydrogen) atoms. The number of rotatable bonds is 8. The van der Waals surface area contributed by atoms with E-state index in [2.05, 4.69) is 31.9 Å². The summed E-state index contributed by atoms with van der Waals surface area (Å²) < 4.78 is 53.3. The molecule has 0 spiro atoms. The molecule has 2 amide bonds. The zero-order chi connectivity index (χ0) is 32.7. The Morgan fingerprint density at radius 1 is 1.02 bits per heavy atom. The van der Waals surface area contributed by atoms with Gasteiger partial charge >= 0.3 is 6.01 Å². The van der Waals surface area contributed by atoms with Crippen LogP contribution in [0.1, 0.15) is 16.1 Å². The number of nitrogens with two attached hydrogens (primary N) is 1. The Labute approximate surface area is 258 Å². The highest BCUT2D eigenvalue weighted by Gasteiger charge is 2.28. The molecule has 14 heteroatoms. The lowest BCUT2D eigenvalue weighted by Crippen LogP contribution is -2.12. The summed E-state index contributed by atoms with van der Waals surface area (Å²) in [4.78, 5) is 37.5. The van der Waals surface area contributed by atoms with Gasteiger partial charge in [-0.1, -0.05) is 12.6 Å². The number of aromatic nitrogens is 6. The van der Waals surface area contributed by atoms with Gasteiger partial charge in [0, 0.05) is 47.5 Å². The Balaban J connectivity index is 1.57. The predicted molar refractivity (Wildman–Crippen MR) is 162 cm³/mol. The number of ether oxygens (including phenoxy) is 1. The van der Waals surface area contributed by atoms with Gasteiger partial charge in [0.2, 0.25) is 0 Å². The molecule has 0 fully saturated rings. The van der Waals surface area contributed by atoms with Crippen molar-refractivity contribution >= 4 is 23.0 Å². The molecule has 0 atom stereocenters. The van der Waals surface area contributed by atoms with Gasteiger partial charge in [-0.15, -0.1) is 0 Å². The van der Waals surface area contributed by atoms with Crippen molar-refractivity contribution in [1.82, 2.24) is 29.1 Å². The van der Waals surface area contributed by atoms with Crippen LogP contribution in [-0.4, -0.2) is 40.9 Å². The van der Waals surface area contributed by atoms with E-state index in [1.54, 1.807) is 43.2 Å². The van der Waals surface area contributed by atoms with E-state index in [4.69, 9.17) is 10.5 Å². The van der Waals surface area contributed by atoms with Crippen molar-refractivity contribution in [3.8, 4) is 45.4 Å². The second-order valence-electron chi connectivity index (χ2n) is 10.2. The number of primary amides is 1. The van der Waals surface area contributed by atoms with Crippen molar-refractivity contribution in [2.24, 2.45) is 12.8 Å². The summed E-state index contributed by atoms with van der Waals surface area (Å²) in [6.07, 6.45) is 6.15. The predicted octanol–water partition coefficient (Wildman–Crippen LogP) is 5.76. The number of anilines is 1. The van der Waals surface area contributed by atoms with Gasteiger partial charge in [0.25, 0.3) is 11.8 Å². The number of fused-ring (bicyclic) bond motifs is 1. The summed E-state index contributed by atoms with van der Waals surface area (Å²) >= 11 is 0. The van der Waals surface area contributed by atoms with Gasteiger partial charge < -0.3 is 15.8 Å². The molecule has 4 aromatic heterocycles. The topological polar surface area (TPSA) is 142 Å². The lowest BCUT2D eigenvalue weighted by Gasteiger charge is -2.12. The number of hydrogen-bond acceptors (Lipinski definition) is 7. The van der Waals surface area contributed by atoms with Crippen molar-refractivity contribution in [3.05, 3.63) is 109 Å². The molecule has 4 heterocycles. The lowest BCUT2D eigenvalue weighted by molar-refractivity contribution is -0.114. The number of benzene rings is 2. The number of halogens is 3. The Bertz CT molecular complexity index is 2210.